The van der Waals surface area contributed by atoms with Crippen molar-refractivity contribution in [1.82, 2.24) is 14.9 Å². The molecule has 10 heteroatoms. The predicted molar refractivity (Wildman–Crippen MR) is 159 cm³/mol. The van der Waals surface area contributed by atoms with Crippen LogP contribution in [0, 0.1) is 34.6 Å². The van der Waals surface area contributed by atoms with Gasteiger partial charge in [0.05, 0.1) is 6.61 Å². The SMILES string of the molecule is BrC(Br)(Br)Br.CN(C)CCO.Cc1ccncc1C.Cc1cnc(Br)cc1C.[CH2-]CCC.[Li+]. The Morgan fingerprint density at radius 3 is 1.64 bits per heavy atom. The summed E-state index contributed by atoms with van der Waals surface area (Å²) in [7, 11) is 3.85. The zero-order valence-electron chi connectivity index (χ0n) is 21.1. The summed E-state index contributed by atoms with van der Waals surface area (Å²) in [6, 6.07) is 4.02. The number of nitrogens with zero attached hydrogens (tertiary/aromatic N) is 3. The van der Waals surface area contributed by atoms with Crippen molar-refractivity contribution in [2.24, 2.45) is 0 Å². The van der Waals surface area contributed by atoms with Crippen LogP contribution in [-0.2, 0) is 0 Å². The fraction of sp³-hybridized carbons (Fsp3) is 0.522. The van der Waals surface area contributed by atoms with E-state index in [1.165, 1.54) is 28.7 Å². The number of aliphatic hydroxyl groups is 1. The van der Waals surface area contributed by atoms with Gasteiger partial charge >= 0.3 is 18.9 Å². The summed E-state index contributed by atoms with van der Waals surface area (Å²) in [5.41, 5.74) is 5.07. The molecule has 0 aliphatic heterocycles. The van der Waals surface area contributed by atoms with E-state index in [1.807, 2.05) is 49.7 Å². The molecule has 0 aliphatic rings. The van der Waals surface area contributed by atoms with E-state index >= 15 is 0 Å². The Kier molecular flexibility index (Phi) is 32.9. The van der Waals surface area contributed by atoms with Gasteiger partial charge in [0, 0.05) is 25.1 Å². The van der Waals surface area contributed by atoms with Gasteiger partial charge < -0.3 is 16.9 Å². The molecule has 0 spiro atoms. The number of unbranched alkanes of at least 4 members (excludes halogenated alkanes) is 1. The van der Waals surface area contributed by atoms with E-state index in [2.05, 4.69) is 131 Å². The van der Waals surface area contributed by atoms with Crippen LogP contribution in [0.15, 0.2) is 35.3 Å². The topological polar surface area (TPSA) is 49.2 Å². The van der Waals surface area contributed by atoms with Crippen molar-refractivity contribution in [3.63, 3.8) is 0 Å². The fourth-order valence-corrected chi connectivity index (χ4v) is 1.78. The van der Waals surface area contributed by atoms with Crippen LogP contribution in [0.3, 0.4) is 0 Å². The third-order valence-electron chi connectivity index (χ3n) is 3.54. The molecule has 0 atom stereocenters. The van der Waals surface area contributed by atoms with Gasteiger partial charge in [0.25, 0.3) is 0 Å². The number of likely N-dealkylation sites (N-methyl/N-ethyl adjacent to an activating group) is 1. The third-order valence-corrected chi connectivity index (χ3v) is 3.97. The average molecular weight is 778 g/mol. The first-order valence-corrected chi connectivity index (χ1v) is 13.9. The van der Waals surface area contributed by atoms with Gasteiger partial charge in [-0.2, -0.15) is 6.42 Å². The average Bonchev–Trinajstić information content (AvgIpc) is 2.67. The van der Waals surface area contributed by atoms with Crippen molar-refractivity contribution in [3.8, 4) is 0 Å². The molecule has 0 aromatic carbocycles. The smallest absolute Gasteiger partial charge is 0.395 e. The van der Waals surface area contributed by atoms with E-state index in [-0.39, 0.29) is 26.5 Å². The molecule has 0 amide bonds. The Hall–Kier alpha value is 1.22. The first kappa shape index (κ1) is 41.3. The van der Waals surface area contributed by atoms with Crippen molar-refractivity contribution in [3.05, 3.63) is 64.5 Å². The van der Waals surface area contributed by atoms with Gasteiger partial charge in [0.15, 0.2) is 1.05 Å². The molecule has 186 valence electrons. The zero-order valence-corrected chi connectivity index (χ0v) is 29.0. The number of aliphatic hydroxyl groups excluding tert-OH is 1. The molecule has 0 bridgehead atoms. The minimum atomic E-state index is -0.250. The van der Waals surface area contributed by atoms with Gasteiger partial charge in [-0.3, -0.25) is 4.98 Å². The molecule has 2 heterocycles. The van der Waals surface area contributed by atoms with Crippen molar-refractivity contribution in [2.45, 2.75) is 48.5 Å². The summed E-state index contributed by atoms with van der Waals surface area (Å²) in [5.74, 6) is 0. The minimum absolute atomic E-state index is 0. The zero-order chi connectivity index (χ0) is 25.7. The molecular weight excluding hydrogens is 741 g/mol. The van der Waals surface area contributed by atoms with Crippen LogP contribution in [-0.4, -0.2) is 48.3 Å². The molecule has 0 unspecified atom stereocenters. The molecule has 1 N–H and O–H groups in total. The Labute approximate surface area is 256 Å². The minimum Gasteiger partial charge on any atom is -0.395 e. The molecule has 0 radical (unpaired) electrons. The van der Waals surface area contributed by atoms with Crippen LogP contribution in [0.5, 0.6) is 0 Å². The number of pyridine rings is 2. The van der Waals surface area contributed by atoms with Gasteiger partial charge in [-0.1, -0.05) is 13.3 Å². The summed E-state index contributed by atoms with van der Waals surface area (Å²) in [6.07, 6.45) is 7.82. The van der Waals surface area contributed by atoms with Gasteiger partial charge in [-0.25, -0.2) is 4.98 Å². The van der Waals surface area contributed by atoms with Crippen molar-refractivity contribution in [2.75, 3.05) is 27.2 Å². The van der Waals surface area contributed by atoms with Gasteiger partial charge in [0.2, 0.25) is 0 Å². The standard InChI is InChI=1S/C7H8BrN.C7H9N.C4H11NO.C4H9.CBr4.Li/c1-5-3-7(8)9-4-6(5)2;1-6-3-4-8-5-7(6)2;1-5(2)3-4-6;1-3-4-2;2-1(3,4)5;/h3-4H,1-2H3;3-5H,1-2H3;6H,3-4H2,1-2H3;1,3-4H2,2H3;;/q;;;-1;;+1. The Morgan fingerprint density at radius 1 is 0.970 bits per heavy atom. The van der Waals surface area contributed by atoms with Gasteiger partial charge in [-0.15, -0.1) is 0 Å². The maximum absolute atomic E-state index is 8.20. The normalized spacial score (nSPS) is 9.42. The molecule has 2 rings (SSSR count). The molecule has 0 saturated heterocycles. The summed E-state index contributed by atoms with van der Waals surface area (Å²) in [5, 5.41) is 8.20. The first-order valence-electron chi connectivity index (χ1n) is 9.95. The second-order valence-electron chi connectivity index (χ2n) is 6.86. The van der Waals surface area contributed by atoms with Gasteiger partial charge in [0.1, 0.15) is 4.60 Å². The number of aryl methyl sites for hydroxylation is 4. The molecule has 2 aromatic rings. The summed E-state index contributed by atoms with van der Waals surface area (Å²) in [6.45, 7) is 15.0. The molecule has 4 nitrogen and oxygen atoms in total. The Balaban J connectivity index is -0.000000163. The van der Waals surface area contributed by atoms with E-state index in [1.54, 1.807) is 0 Å². The number of aromatic nitrogens is 2. The Morgan fingerprint density at radius 2 is 1.42 bits per heavy atom. The third kappa shape index (κ3) is 37.9. The largest absolute Gasteiger partial charge is 1.00 e. The molecule has 0 saturated carbocycles. The Bertz CT molecular complexity index is 673. The second-order valence-corrected chi connectivity index (χ2v) is 18.8. The quantitative estimate of drug-likeness (QED) is 0.194. The van der Waals surface area contributed by atoms with Crippen LogP contribution in [0.4, 0.5) is 0 Å². The summed E-state index contributed by atoms with van der Waals surface area (Å²) in [4.78, 5) is 9.93. The van der Waals surface area contributed by atoms with Crippen LogP contribution >= 0.6 is 79.6 Å². The molecule has 0 fully saturated rings. The molecular formula is C23H37Br5LiN3O. The number of alkyl halides is 4. The van der Waals surface area contributed by atoms with Crippen molar-refractivity contribution < 1.29 is 24.0 Å². The van der Waals surface area contributed by atoms with Crippen molar-refractivity contribution in [1.29, 1.82) is 0 Å². The number of halogens is 5. The maximum atomic E-state index is 8.20. The predicted octanol–water partition coefficient (Wildman–Crippen LogP) is 5.50. The fourth-order valence-electron chi connectivity index (χ4n) is 1.33. The molecule has 2 aromatic heterocycles. The van der Waals surface area contributed by atoms with Crippen LogP contribution in [0.2, 0.25) is 0 Å². The summed E-state index contributed by atoms with van der Waals surface area (Å²) >= 11 is 15.8. The van der Waals surface area contributed by atoms with E-state index in [0.717, 1.165) is 17.6 Å². The monoisotopic (exact) mass is 773 g/mol. The van der Waals surface area contributed by atoms with Crippen LogP contribution in [0.1, 0.15) is 42.0 Å². The molecule has 0 aliphatic carbocycles. The van der Waals surface area contributed by atoms with Crippen molar-refractivity contribution >= 4 is 79.6 Å². The second kappa shape index (κ2) is 26.3. The van der Waals surface area contributed by atoms with Crippen LogP contribution in [0.25, 0.3) is 0 Å². The number of hydrogen-bond acceptors (Lipinski definition) is 4. The van der Waals surface area contributed by atoms with E-state index in [0.29, 0.717) is 0 Å². The first-order chi connectivity index (χ1) is 14.7. The molecule has 33 heavy (non-hydrogen) atoms. The van der Waals surface area contributed by atoms with E-state index in [9.17, 15) is 0 Å². The number of rotatable bonds is 3. The maximum Gasteiger partial charge on any atom is 1.00 e. The van der Waals surface area contributed by atoms with Gasteiger partial charge in [-0.05, 0) is 156 Å². The van der Waals surface area contributed by atoms with Crippen LogP contribution < -0.4 is 18.9 Å². The van der Waals surface area contributed by atoms with E-state index in [4.69, 9.17) is 5.11 Å². The summed E-state index contributed by atoms with van der Waals surface area (Å²) < 4.78 is 0.658. The number of hydrogen-bond donors (Lipinski definition) is 1. The van der Waals surface area contributed by atoms with E-state index < -0.39 is 0 Å².